The van der Waals surface area contributed by atoms with Crippen LogP contribution in [0.2, 0.25) is 0 Å². The van der Waals surface area contributed by atoms with E-state index in [4.69, 9.17) is 4.74 Å². The van der Waals surface area contributed by atoms with Crippen LogP contribution in [0.3, 0.4) is 0 Å². The molecular formula is C74H143NO5. The van der Waals surface area contributed by atoms with E-state index < -0.39 is 12.1 Å². The highest BCUT2D eigenvalue weighted by Crippen LogP contribution is 2.19. The maximum absolute atomic E-state index is 12.5. The van der Waals surface area contributed by atoms with E-state index in [0.29, 0.717) is 25.9 Å². The molecule has 0 aromatic heterocycles. The monoisotopic (exact) mass is 1130 g/mol. The first-order valence-electron chi connectivity index (χ1n) is 36.6. The number of aliphatic hydroxyl groups excluding tert-OH is 2. The fourth-order valence-corrected chi connectivity index (χ4v) is 11.6. The van der Waals surface area contributed by atoms with Crippen LogP contribution in [0.25, 0.3) is 0 Å². The van der Waals surface area contributed by atoms with Crippen LogP contribution in [0.15, 0.2) is 24.3 Å². The summed E-state index contributed by atoms with van der Waals surface area (Å²) in [6, 6.07) is -0.540. The van der Waals surface area contributed by atoms with E-state index in [1.54, 1.807) is 0 Å². The van der Waals surface area contributed by atoms with Crippen molar-refractivity contribution in [2.75, 3.05) is 13.2 Å². The van der Waals surface area contributed by atoms with E-state index in [1.807, 2.05) is 0 Å². The number of ether oxygens (including phenoxy) is 1. The Labute approximate surface area is 501 Å². The molecule has 0 fully saturated rings. The minimum Gasteiger partial charge on any atom is -0.466 e. The van der Waals surface area contributed by atoms with Gasteiger partial charge in [-0.1, -0.05) is 346 Å². The Morgan fingerprint density at radius 3 is 0.887 bits per heavy atom. The van der Waals surface area contributed by atoms with Gasteiger partial charge in [0.1, 0.15) is 0 Å². The molecule has 0 saturated heterocycles. The van der Waals surface area contributed by atoms with Gasteiger partial charge < -0.3 is 20.3 Å². The standard InChI is InChI=1S/C74H143NO5/c1-3-5-7-9-11-13-15-17-19-35-40-44-48-52-56-60-64-68-74(79)80-69-65-61-57-53-49-45-41-37-34-32-30-28-26-24-22-21-23-25-27-29-31-33-36-39-43-47-51-55-59-63-67-73(78)75-71(70-76)72(77)66-62-58-54-50-46-42-38-20-18-16-14-12-10-8-6-4-2/h17,19,22,24,71-72,76-77H,3-16,18,20-21,23,25-70H2,1-2H3,(H,75,78)/b19-17-,24-22-. The molecule has 0 aliphatic carbocycles. The number of carbonyl (C=O) groups excluding carboxylic acids is 2. The van der Waals surface area contributed by atoms with Crippen molar-refractivity contribution >= 4 is 11.9 Å². The van der Waals surface area contributed by atoms with Gasteiger partial charge >= 0.3 is 5.97 Å². The summed E-state index contributed by atoms with van der Waals surface area (Å²) in [5.41, 5.74) is 0. The van der Waals surface area contributed by atoms with Crippen LogP contribution in [-0.2, 0) is 14.3 Å². The molecule has 2 atom stereocenters. The summed E-state index contributed by atoms with van der Waals surface area (Å²) >= 11 is 0. The summed E-state index contributed by atoms with van der Waals surface area (Å²) in [4.78, 5) is 24.6. The number of hydrogen-bond donors (Lipinski definition) is 3. The molecule has 474 valence electrons. The average Bonchev–Trinajstić information content (AvgIpc) is 3.46. The predicted molar refractivity (Wildman–Crippen MR) is 352 cm³/mol. The highest BCUT2D eigenvalue weighted by atomic mass is 16.5. The fourth-order valence-electron chi connectivity index (χ4n) is 11.6. The lowest BCUT2D eigenvalue weighted by molar-refractivity contribution is -0.143. The van der Waals surface area contributed by atoms with Gasteiger partial charge in [-0.25, -0.2) is 0 Å². The number of unbranched alkanes of at least 4 members (excludes halogenated alkanes) is 54. The van der Waals surface area contributed by atoms with Crippen molar-refractivity contribution in [1.82, 2.24) is 5.32 Å². The highest BCUT2D eigenvalue weighted by molar-refractivity contribution is 5.76. The van der Waals surface area contributed by atoms with E-state index in [0.717, 1.165) is 44.9 Å². The summed E-state index contributed by atoms with van der Waals surface area (Å²) in [6.45, 7) is 4.99. The third-order valence-corrected chi connectivity index (χ3v) is 17.2. The van der Waals surface area contributed by atoms with E-state index in [-0.39, 0.29) is 18.5 Å². The van der Waals surface area contributed by atoms with Crippen molar-refractivity contribution in [2.24, 2.45) is 0 Å². The number of aliphatic hydroxyl groups is 2. The number of hydrogen-bond acceptors (Lipinski definition) is 5. The van der Waals surface area contributed by atoms with Crippen molar-refractivity contribution in [1.29, 1.82) is 0 Å². The molecule has 0 radical (unpaired) electrons. The lowest BCUT2D eigenvalue weighted by Gasteiger charge is -2.22. The maximum Gasteiger partial charge on any atom is 0.305 e. The van der Waals surface area contributed by atoms with E-state index in [9.17, 15) is 19.8 Å². The first-order chi connectivity index (χ1) is 39.5. The number of rotatable bonds is 69. The van der Waals surface area contributed by atoms with Crippen LogP contribution in [0, 0.1) is 0 Å². The third-order valence-electron chi connectivity index (χ3n) is 17.2. The van der Waals surface area contributed by atoms with Crippen molar-refractivity contribution in [3.8, 4) is 0 Å². The molecule has 0 saturated carbocycles. The SMILES string of the molecule is CCCCCCCC/C=C\CCCCCCCCCC(=O)OCCCCCCCCCCCCCC/C=C\CCCCCCCCCCCCCCCCC(=O)NC(CO)C(O)CCCCCCCCCCCCCCCCCC. The summed E-state index contributed by atoms with van der Waals surface area (Å²) in [5.74, 6) is -0.0155. The molecule has 0 aliphatic rings. The van der Waals surface area contributed by atoms with Gasteiger partial charge in [-0.05, 0) is 77.0 Å². The second-order valence-corrected chi connectivity index (χ2v) is 25.3. The third kappa shape index (κ3) is 65.5. The number of esters is 1. The van der Waals surface area contributed by atoms with Gasteiger partial charge in [0, 0.05) is 12.8 Å². The number of allylic oxidation sites excluding steroid dienone is 4. The van der Waals surface area contributed by atoms with E-state index in [2.05, 4.69) is 43.5 Å². The quantitative estimate of drug-likeness (QED) is 0.0320. The van der Waals surface area contributed by atoms with E-state index in [1.165, 1.54) is 334 Å². The predicted octanol–water partition coefficient (Wildman–Crippen LogP) is 23.7. The summed E-state index contributed by atoms with van der Waals surface area (Å²) in [7, 11) is 0. The molecule has 0 heterocycles. The second-order valence-electron chi connectivity index (χ2n) is 25.3. The average molecular weight is 1130 g/mol. The molecule has 2 unspecified atom stereocenters. The molecule has 0 spiro atoms. The highest BCUT2D eigenvalue weighted by Gasteiger charge is 2.20. The van der Waals surface area contributed by atoms with Gasteiger partial charge in [-0.2, -0.15) is 0 Å². The smallest absolute Gasteiger partial charge is 0.305 e. The number of amides is 1. The van der Waals surface area contributed by atoms with Gasteiger partial charge in [-0.15, -0.1) is 0 Å². The first-order valence-corrected chi connectivity index (χ1v) is 36.6. The summed E-state index contributed by atoms with van der Waals surface area (Å²) in [5, 5.41) is 23.4. The molecule has 6 heteroatoms. The Hall–Kier alpha value is -1.66. The van der Waals surface area contributed by atoms with Crippen LogP contribution >= 0.6 is 0 Å². The molecule has 80 heavy (non-hydrogen) atoms. The van der Waals surface area contributed by atoms with Crippen molar-refractivity contribution < 1.29 is 24.5 Å². The Morgan fingerprint density at radius 2 is 0.588 bits per heavy atom. The number of carbonyl (C=O) groups is 2. The largest absolute Gasteiger partial charge is 0.466 e. The first kappa shape index (κ1) is 78.3. The Bertz CT molecular complexity index is 1250. The molecule has 0 rings (SSSR count). The lowest BCUT2D eigenvalue weighted by Crippen LogP contribution is -2.45. The zero-order chi connectivity index (χ0) is 57.8. The molecule has 1 amide bonds. The van der Waals surface area contributed by atoms with Crippen LogP contribution in [0.1, 0.15) is 412 Å². The van der Waals surface area contributed by atoms with Gasteiger partial charge in [0.25, 0.3) is 0 Å². The minimum absolute atomic E-state index is 0.0146. The molecule has 0 aromatic rings. The van der Waals surface area contributed by atoms with Crippen LogP contribution < -0.4 is 5.32 Å². The van der Waals surface area contributed by atoms with Gasteiger partial charge in [0.05, 0.1) is 25.4 Å². The van der Waals surface area contributed by atoms with E-state index >= 15 is 0 Å². The van der Waals surface area contributed by atoms with Gasteiger partial charge in [0.2, 0.25) is 5.91 Å². The van der Waals surface area contributed by atoms with Gasteiger partial charge in [-0.3, -0.25) is 9.59 Å². The minimum atomic E-state index is -0.663. The molecule has 3 N–H and O–H groups in total. The van der Waals surface area contributed by atoms with Crippen LogP contribution in [0.5, 0.6) is 0 Å². The zero-order valence-corrected chi connectivity index (χ0v) is 54.3. The molecule has 0 aromatic carbocycles. The Balaban J connectivity index is 3.35. The maximum atomic E-state index is 12.5. The molecule has 6 nitrogen and oxygen atoms in total. The molecule has 0 aliphatic heterocycles. The number of nitrogens with one attached hydrogen (secondary N) is 1. The normalized spacial score (nSPS) is 12.6. The van der Waals surface area contributed by atoms with Gasteiger partial charge in [0.15, 0.2) is 0 Å². The van der Waals surface area contributed by atoms with Crippen molar-refractivity contribution in [3.63, 3.8) is 0 Å². The fraction of sp³-hybridized carbons (Fsp3) is 0.919. The van der Waals surface area contributed by atoms with Crippen molar-refractivity contribution in [2.45, 2.75) is 424 Å². The Kier molecular flexibility index (Phi) is 68.4. The molecular weight excluding hydrogens is 983 g/mol. The molecule has 0 bridgehead atoms. The topological polar surface area (TPSA) is 95.9 Å². The summed E-state index contributed by atoms with van der Waals surface area (Å²) < 4.78 is 5.50. The Morgan fingerprint density at radius 1 is 0.338 bits per heavy atom. The van der Waals surface area contributed by atoms with Crippen LogP contribution in [-0.4, -0.2) is 47.4 Å². The lowest BCUT2D eigenvalue weighted by atomic mass is 10.0. The second kappa shape index (κ2) is 69.8. The van der Waals surface area contributed by atoms with Crippen molar-refractivity contribution in [3.05, 3.63) is 24.3 Å². The zero-order valence-electron chi connectivity index (χ0n) is 54.3. The summed E-state index contributed by atoms with van der Waals surface area (Å²) in [6.07, 6.45) is 88.1. The van der Waals surface area contributed by atoms with Crippen LogP contribution in [0.4, 0.5) is 0 Å².